The number of sulfonamides is 1. The molecule has 0 radical (unpaired) electrons. The first-order valence-electron chi connectivity index (χ1n) is 5.87. The molecule has 0 saturated carbocycles. The van der Waals surface area contributed by atoms with E-state index in [1.54, 1.807) is 30.0 Å². The van der Waals surface area contributed by atoms with Crippen molar-refractivity contribution < 1.29 is 13.2 Å². The third-order valence-electron chi connectivity index (χ3n) is 2.80. The van der Waals surface area contributed by atoms with E-state index in [1.807, 2.05) is 13.8 Å². The molecule has 1 aromatic rings. The van der Waals surface area contributed by atoms with Gasteiger partial charge in [-0.05, 0) is 37.6 Å². The highest BCUT2D eigenvalue weighted by atomic mass is 32.2. The molecule has 4 nitrogen and oxygen atoms in total. The average molecular weight is 287 g/mol. The molecule has 0 amide bonds. The second-order valence-electron chi connectivity index (χ2n) is 4.08. The summed E-state index contributed by atoms with van der Waals surface area (Å²) >= 11 is 1.64. The fourth-order valence-corrected chi connectivity index (χ4v) is 4.74. The van der Waals surface area contributed by atoms with E-state index in [2.05, 4.69) is 0 Å². The fraction of sp³-hybridized carbons (Fsp3) is 0.500. The molecule has 6 heteroatoms. The van der Waals surface area contributed by atoms with Gasteiger partial charge in [-0.25, -0.2) is 8.42 Å². The molecule has 18 heavy (non-hydrogen) atoms. The molecule has 0 aromatic heterocycles. The van der Waals surface area contributed by atoms with Crippen LogP contribution in [-0.2, 0) is 10.0 Å². The van der Waals surface area contributed by atoms with Crippen LogP contribution >= 0.6 is 11.8 Å². The van der Waals surface area contributed by atoms with Crippen LogP contribution in [0.4, 0.5) is 0 Å². The molecule has 0 N–H and O–H groups in total. The monoisotopic (exact) mass is 287 g/mol. The molecule has 0 atom stereocenters. The Morgan fingerprint density at radius 1 is 1.44 bits per heavy atom. The van der Waals surface area contributed by atoms with Crippen LogP contribution in [0.15, 0.2) is 23.1 Å². The van der Waals surface area contributed by atoms with Crippen molar-refractivity contribution in [3.63, 3.8) is 0 Å². The van der Waals surface area contributed by atoms with Crippen LogP contribution in [0.2, 0.25) is 0 Å². The summed E-state index contributed by atoms with van der Waals surface area (Å²) in [5.41, 5.74) is 0.852. The molecule has 0 bridgehead atoms. The van der Waals surface area contributed by atoms with Gasteiger partial charge in [0, 0.05) is 12.3 Å². The van der Waals surface area contributed by atoms with Crippen molar-refractivity contribution in [1.29, 1.82) is 0 Å². The second-order valence-corrected chi connectivity index (χ2v) is 7.09. The van der Waals surface area contributed by atoms with Crippen LogP contribution in [-0.4, -0.2) is 37.5 Å². The Morgan fingerprint density at radius 2 is 2.22 bits per heavy atom. The molecule has 1 heterocycles. The summed E-state index contributed by atoms with van der Waals surface area (Å²) in [6.45, 7) is 4.95. The van der Waals surface area contributed by atoms with Gasteiger partial charge >= 0.3 is 0 Å². The molecule has 1 aliphatic rings. The molecule has 2 rings (SSSR count). The lowest BCUT2D eigenvalue weighted by Gasteiger charge is -2.16. The van der Waals surface area contributed by atoms with Crippen molar-refractivity contribution in [3.05, 3.63) is 23.8 Å². The number of aryl methyl sites for hydroxylation is 1. The summed E-state index contributed by atoms with van der Waals surface area (Å²) in [5.74, 6) is 2.16. The molecule has 1 fully saturated rings. The van der Waals surface area contributed by atoms with Crippen molar-refractivity contribution >= 4 is 21.8 Å². The van der Waals surface area contributed by atoms with Gasteiger partial charge in [-0.3, -0.25) is 0 Å². The maximum atomic E-state index is 12.3. The summed E-state index contributed by atoms with van der Waals surface area (Å²) in [6, 6.07) is 5.04. The van der Waals surface area contributed by atoms with E-state index in [-0.39, 0.29) is 0 Å². The van der Waals surface area contributed by atoms with Crippen molar-refractivity contribution in [2.45, 2.75) is 18.7 Å². The lowest BCUT2D eigenvalue weighted by Crippen LogP contribution is -2.28. The second kappa shape index (κ2) is 5.50. The average Bonchev–Trinajstić information content (AvgIpc) is 2.86. The number of nitrogens with zero attached hydrogens (tertiary/aromatic N) is 1. The van der Waals surface area contributed by atoms with Crippen LogP contribution in [0.3, 0.4) is 0 Å². The van der Waals surface area contributed by atoms with Gasteiger partial charge in [0.15, 0.2) is 0 Å². The first-order chi connectivity index (χ1) is 8.55. The van der Waals surface area contributed by atoms with Crippen LogP contribution in [0.25, 0.3) is 0 Å². The molecule has 100 valence electrons. The smallest absolute Gasteiger partial charge is 0.243 e. The summed E-state index contributed by atoms with van der Waals surface area (Å²) in [7, 11) is -3.34. The predicted molar refractivity (Wildman–Crippen MR) is 73.6 cm³/mol. The topological polar surface area (TPSA) is 46.6 Å². The van der Waals surface area contributed by atoms with Crippen LogP contribution in [0, 0.1) is 6.92 Å². The molecular weight excluding hydrogens is 270 g/mol. The van der Waals surface area contributed by atoms with Gasteiger partial charge in [-0.15, -0.1) is 11.8 Å². The van der Waals surface area contributed by atoms with Crippen molar-refractivity contribution in [2.24, 2.45) is 0 Å². The Kier molecular flexibility index (Phi) is 4.19. The third kappa shape index (κ3) is 2.65. The van der Waals surface area contributed by atoms with Crippen LogP contribution < -0.4 is 4.74 Å². The Morgan fingerprint density at radius 3 is 2.78 bits per heavy atom. The van der Waals surface area contributed by atoms with Crippen LogP contribution in [0.5, 0.6) is 5.75 Å². The minimum Gasteiger partial charge on any atom is -0.494 e. The van der Waals surface area contributed by atoms with E-state index in [4.69, 9.17) is 4.74 Å². The zero-order valence-corrected chi connectivity index (χ0v) is 12.2. The SMILES string of the molecule is CCOc1ccc(S(=O)(=O)N2CCSC2)cc1C. The van der Waals surface area contributed by atoms with Crippen molar-refractivity contribution in [2.75, 3.05) is 24.8 Å². The summed E-state index contributed by atoms with van der Waals surface area (Å²) in [4.78, 5) is 0.353. The Balaban J connectivity index is 2.30. The fourth-order valence-electron chi connectivity index (χ4n) is 1.84. The summed E-state index contributed by atoms with van der Waals surface area (Å²) in [6.07, 6.45) is 0. The van der Waals surface area contributed by atoms with Gasteiger partial charge in [0.1, 0.15) is 5.75 Å². The highest BCUT2D eigenvalue weighted by Gasteiger charge is 2.27. The summed E-state index contributed by atoms with van der Waals surface area (Å²) in [5, 5.41) is 0. The number of thioether (sulfide) groups is 1. The Bertz CT molecular complexity index is 522. The van der Waals surface area contributed by atoms with Gasteiger partial charge in [0.25, 0.3) is 0 Å². The first kappa shape index (κ1) is 13.7. The maximum absolute atomic E-state index is 12.3. The lowest BCUT2D eigenvalue weighted by molar-refractivity contribution is 0.337. The summed E-state index contributed by atoms with van der Waals surface area (Å²) < 4.78 is 31.6. The molecule has 0 aliphatic carbocycles. The quantitative estimate of drug-likeness (QED) is 0.850. The van der Waals surface area contributed by atoms with Gasteiger partial charge in [0.05, 0.1) is 17.4 Å². The van der Waals surface area contributed by atoms with Gasteiger partial charge in [-0.1, -0.05) is 0 Å². The van der Waals surface area contributed by atoms with Gasteiger partial charge < -0.3 is 4.74 Å². The van der Waals surface area contributed by atoms with E-state index in [0.29, 0.717) is 23.9 Å². The number of hydrogen-bond donors (Lipinski definition) is 0. The number of rotatable bonds is 4. The van der Waals surface area contributed by atoms with Gasteiger partial charge in [-0.2, -0.15) is 4.31 Å². The Labute approximate surface area is 112 Å². The third-order valence-corrected chi connectivity index (χ3v) is 5.77. The first-order valence-corrected chi connectivity index (χ1v) is 8.46. The molecule has 1 aliphatic heterocycles. The minimum atomic E-state index is -3.34. The van der Waals surface area contributed by atoms with Gasteiger partial charge in [0.2, 0.25) is 10.0 Å². The molecule has 0 spiro atoms. The van der Waals surface area contributed by atoms with E-state index in [0.717, 1.165) is 17.1 Å². The zero-order valence-electron chi connectivity index (χ0n) is 10.5. The van der Waals surface area contributed by atoms with Crippen LogP contribution in [0.1, 0.15) is 12.5 Å². The van der Waals surface area contributed by atoms with Crippen molar-refractivity contribution in [3.8, 4) is 5.75 Å². The largest absolute Gasteiger partial charge is 0.494 e. The van der Waals surface area contributed by atoms with E-state index in [1.165, 1.54) is 4.31 Å². The van der Waals surface area contributed by atoms with Crippen molar-refractivity contribution in [1.82, 2.24) is 4.31 Å². The van der Waals surface area contributed by atoms with E-state index < -0.39 is 10.0 Å². The normalized spacial score (nSPS) is 17.0. The number of hydrogen-bond acceptors (Lipinski definition) is 4. The Hall–Kier alpha value is -0.720. The van der Waals surface area contributed by atoms with E-state index in [9.17, 15) is 8.42 Å². The number of ether oxygens (including phenoxy) is 1. The highest BCUT2D eigenvalue weighted by Crippen LogP contribution is 2.27. The number of benzene rings is 1. The lowest BCUT2D eigenvalue weighted by atomic mass is 10.2. The molecular formula is C12H17NO3S2. The predicted octanol–water partition coefficient (Wildman–Crippen LogP) is 2.09. The minimum absolute atomic E-state index is 0.353. The molecule has 1 saturated heterocycles. The molecule has 1 aromatic carbocycles. The highest BCUT2D eigenvalue weighted by molar-refractivity contribution is 8.00. The maximum Gasteiger partial charge on any atom is 0.243 e. The van der Waals surface area contributed by atoms with E-state index >= 15 is 0 Å². The standard InChI is InChI=1S/C12H17NO3S2/c1-3-16-12-5-4-11(8-10(12)2)18(14,15)13-6-7-17-9-13/h4-5,8H,3,6-7,9H2,1-2H3. The molecule has 0 unspecified atom stereocenters. The zero-order chi connectivity index (χ0) is 13.2.